The molecule has 1 saturated heterocycles. The van der Waals surface area contributed by atoms with E-state index in [0.717, 1.165) is 18.4 Å². The third kappa shape index (κ3) is 8.46. The second-order valence-corrected chi connectivity index (χ2v) is 8.14. The normalized spacial score (nSPS) is 18.4. The van der Waals surface area contributed by atoms with Crippen LogP contribution in [0.5, 0.6) is 0 Å². The highest BCUT2D eigenvalue weighted by Gasteiger charge is 2.40. The average Bonchev–Trinajstić information content (AvgIpc) is 3.14. The SMILES string of the molecule is CCCCCCC(O)C/C=C/CCC(OC)C(=O)N1C(=O)OC[C@H]1Cc1ccccc1. The summed E-state index contributed by atoms with van der Waals surface area (Å²) in [6, 6.07) is 9.43. The van der Waals surface area contributed by atoms with E-state index in [1.54, 1.807) is 0 Å². The maximum atomic E-state index is 13.0. The van der Waals surface area contributed by atoms with Gasteiger partial charge in [0.05, 0.1) is 12.1 Å². The van der Waals surface area contributed by atoms with Gasteiger partial charge in [0.2, 0.25) is 0 Å². The van der Waals surface area contributed by atoms with Crippen LogP contribution >= 0.6 is 0 Å². The zero-order chi connectivity index (χ0) is 22.5. The summed E-state index contributed by atoms with van der Waals surface area (Å²) in [5, 5.41) is 10.0. The fourth-order valence-electron chi connectivity index (χ4n) is 3.81. The number of unbranched alkanes of at least 4 members (excludes halogenated alkanes) is 3. The van der Waals surface area contributed by atoms with Crippen molar-refractivity contribution in [2.75, 3.05) is 13.7 Å². The van der Waals surface area contributed by atoms with Gasteiger partial charge < -0.3 is 14.6 Å². The summed E-state index contributed by atoms with van der Waals surface area (Å²) in [4.78, 5) is 26.4. The van der Waals surface area contributed by atoms with Crippen molar-refractivity contribution in [3.8, 4) is 0 Å². The molecular formula is C25H37NO5. The molecule has 1 aliphatic rings. The Kier molecular flexibility index (Phi) is 11.3. The summed E-state index contributed by atoms with van der Waals surface area (Å²) in [7, 11) is 1.49. The quantitative estimate of drug-likeness (QED) is 0.343. The monoisotopic (exact) mass is 431 g/mol. The van der Waals surface area contributed by atoms with Gasteiger partial charge in [0, 0.05) is 7.11 Å². The van der Waals surface area contributed by atoms with Gasteiger partial charge in [0.1, 0.15) is 12.7 Å². The molecule has 1 heterocycles. The molecule has 2 unspecified atom stereocenters. The molecule has 2 rings (SSSR count). The molecule has 1 aliphatic heterocycles. The van der Waals surface area contributed by atoms with Crippen molar-refractivity contribution in [1.29, 1.82) is 0 Å². The lowest BCUT2D eigenvalue weighted by atomic mass is 10.0. The molecule has 0 bridgehead atoms. The minimum atomic E-state index is -0.701. The van der Waals surface area contributed by atoms with Crippen molar-refractivity contribution in [2.45, 2.75) is 83.0 Å². The second-order valence-electron chi connectivity index (χ2n) is 8.14. The third-order valence-electron chi connectivity index (χ3n) is 5.63. The van der Waals surface area contributed by atoms with Gasteiger partial charge in [-0.25, -0.2) is 9.69 Å². The molecule has 6 heteroatoms. The predicted octanol–water partition coefficient (Wildman–Crippen LogP) is 4.65. The number of nitrogens with zero attached hydrogens (tertiary/aromatic N) is 1. The molecular weight excluding hydrogens is 394 g/mol. The maximum Gasteiger partial charge on any atom is 0.417 e. The summed E-state index contributed by atoms with van der Waals surface area (Å²) < 4.78 is 10.5. The lowest BCUT2D eigenvalue weighted by molar-refractivity contribution is -0.140. The fourth-order valence-corrected chi connectivity index (χ4v) is 3.81. The summed E-state index contributed by atoms with van der Waals surface area (Å²) in [6.45, 7) is 2.37. The lowest BCUT2D eigenvalue weighted by Gasteiger charge is -2.24. The Balaban J connectivity index is 1.80. The van der Waals surface area contributed by atoms with Crippen LogP contribution in [0.4, 0.5) is 4.79 Å². The van der Waals surface area contributed by atoms with Gasteiger partial charge in [0.15, 0.2) is 0 Å². The number of allylic oxidation sites excluding steroid dienone is 1. The first-order valence-corrected chi connectivity index (χ1v) is 11.5. The molecule has 31 heavy (non-hydrogen) atoms. The minimum absolute atomic E-state index is 0.200. The van der Waals surface area contributed by atoms with Crippen molar-refractivity contribution in [3.05, 3.63) is 48.0 Å². The van der Waals surface area contributed by atoms with Gasteiger partial charge in [-0.1, -0.05) is 75.1 Å². The summed E-state index contributed by atoms with van der Waals surface area (Å²) in [5.74, 6) is -0.352. The number of imide groups is 1. The second kappa shape index (κ2) is 14.0. The van der Waals surface area contributed by atoms with Crippen LogP contribution in [0.15, 0.2) is 42.5 Å². The number of carbonyl (C=O) groups excluding carboxylic acids is 2. The van der Waals surface area contributed by atoms with Gasteiger partial charge in [-0.2, -0.15) is 0 Å². The topological polar surface area (TPSA) is 76.1 Å². The Hall–Kier alpha value is -2.18. The van der Waals surface area contributed by atoms with Crippen molar-refractivity contribution >= 4 is 12.0 Å². The van der Waals surface area contributed by atoms with Crippen molar-refractivity contribution in [3.63, 3.8) is 0 Å². The maximum absolute atomic E-state index is 13.0. The van der Waals surface area contributed by atoms with Crippen molar-refractivity contribution < 1.29 is 24.2 Å². The standard InChI is InChI=1S/C25H37NO5/c1-3-4-5-10-15-22(27)16-11-7-12-17-23(30-2)24(28)26-21(19-31-25(26)29)18-20-13-8-6-9-14-20/h6-9,11,13-14,21-23,27H,3-5,10,12,15-19H2,1-2H3/b11-7+/t21-,22?,23?/m1/s1. The van der Waals surface area contributed by atoms with Gasteiger partial charge in [-0.3, -0.25) is 4.79 Å². The van der Waals surface area contributed by atoms with E-state index in [4.69, 9.17) is 9.47 Å². The van der Waals surface area contributed by atoms with Crippen LogP contribution in [-0.2, 0) is 20.7 Å². The Morgan fingerprint density at radius 1 is 1.23 bits per heavy atom. The summed E-state index contributed by atoms with van der Waals surface area (Å²) in [5.41, 5.74) is 1.05. The fraction of sp³-hybridized carbons (Fsp3) is 0.600. The summed E-state index contributed by atoms with van der Waals surface area (Å²) >= 11 is 0. The molecule has 0 saturated carbocycles. The van der Waals surface area contributed by atoms with Crippen LogP contribution in [0.1, 0.15) is 63.9 Å². The molecule has 1 aromatic rings. The van der Waals surface area contributed by atoms with E-state index in [1.165, 1.54) is 31.3 Å². The number of aliphatic hydroxyl groups excluding tert-OH is 1. The van der Waals surface area contributed by atoms with E-state index in [0.29, 0.717) is 25.7 Å². The van der Waals surface area contributed by atoms with Crippen LogP contribution < -0.4 is 0 Å². The highest BCUT2D eigenvalue weighted by atomic mass is 16.6. The van der Waals surface area contributed by atoms with Crippen LogP contribution in [-0.4, -0.2) is 54.0 Å². The number of aliphatic hydroxyl groups is 1. The number of methoxy groups -OCH3 is 1. The number of rotatable bonds is 14. The van der Waals surface area contributed by atoms with Crippen molar-refractivity contribution in [1.82, 2.24) is 4.90 Å². The zero-order valence-electron chi connectivity index (χ0n) is 18.9. The molecule has 6 nitrogen and oxygen atoms in total. The molecule has 3 atom stereocenters. The van der Waals surface area contributed by atoms with E-state index in [1.807, 2.05) is 42.5 Å². The predicted molar refractivity (Wildman–Crippen MR) is 121 cm³/mol. The highest BCUT2D eigenvalue weighted by molar-refractivity contribution is 5.96. The first-order chi connectivity index (χ1) is 15.1. The molecule has 0 spiro atoms. The van der Waals surface area contributed by atoms with Crippen molar-refractivity contribution in [2.24, 2.45) is 0 Å². The van der Waals surface area contributed by atoms with E-state index < -0.39 is 12.2 Å². The highest BCUT2D eigenvalue weighted by Crippen LogP contribution is 2.20. The van der Waals surface area contributed by atoms with E-state index in [9.17, 15) is 14.7 Å². The van der Waals surface area contributed by atoms with Crippen LogP contribution in [0.3, 0.4) is 0 Å². The molecule has 0 aliphatic carbocycles. The third-order valence-corrected chi connectivity index (χ3v) is 5.63. The smallest absolute Gasteiger partial charge is 0.417 e. The number of hydrogen-bond acceptors (Lipinski definition) is 5. The number of benzene rings is 1. The number of ether oxygens (including phenoxy) is 2. The van der Waals surface area contributed by atoms with E-state index in [2.05, 4.69) is 6.92 Å². The Labute approximate surface area is 186 Å². The summed E-state index contributed by atoms with van der Waals surface area (Å²) in [6.07, 6.45) is 10.1. The first kappa shape index (κ1) is 25.1. The van der Waals surface area contributed by atoms with Gasteiger partial charge in [-0.15, -0.1) is 0 Å². The molecule has 0 aromatic heterocycles. The lowest BCUT2D eigenvalue weighted by Crippen LogP contribution is -2.46. The Morgan fingerprint density at radius 2 is 2.00 bits per heavy atom. The van der Waals surface area contributed by atoms with E-state index in [-0.39, 0.29) is 24.7 Å². The minimum Gasteiger partial charge on any atom is -0.447 e. The number of carbonyl (C=O) groups is 2. The van der Waals surface area contributed by atoms with Crippen LogP contribution in [0, 0.1) is 0 Å². The van der Waals surface area contributed by atoms with Gasteiger partial charge >= 0.3 is 6.09 Å². The van der Waals surface area contributed by atoms with Gasteiger partial charge in [-0.05, 0) is 37.7 Å². The number of cyclic esters (lactones) is 1. The van der Waals surface area contributed by atoms with E-state index >= 15 is 0 Å². The van der Waals surface area contributed by atoms with Crippen LogP contribution in [0.2, 0.25) is 0 Å². The zero-order valence-corrected chi connectivity index (χ0v) is 18.9. The average molecular weight is 432 g/mol. The molecule has 0 radical (unpaired) electrons. The molecule has 1 aromatic carbocycles. The molecule has 172 valence electrons. The largest absolute Gasteiger partial charge is 0.447 e. The molecule has 1 N–H and O–H groups in total. The Morgan fingerprint density at radius 3 is 2.71 bits per heavy atom. The Bertz CT molecular complexity index is 690. The number of hydrogen-bond donors (Lipinski definition) is 1. The van der Waals surface area contributed by atoms with Gasteiger partial charge in [0.25, 0.3) is 5.91 Å². The molecule has 1 fully saturated rings. The van der Waals surface area contributed by atoms with Crippen LogP contribution in [0.25, 0.3) is 0 Å². The molecule has 2 amide bonds. The number of amides is 2. The first-order valence-electron chi connectivity index (χ1n) is 11.5.